The minimum absolute atomic E-state index is 0.129. The van der Waals surface area contributed by atoms with E-state index in [2.05, 4.69) is 0 Å². The van der Waals surface area contributed by atoms with Crippen LogP contribution in [0.4, 0.5) is 13.2 Å². The van der Waals surface area contributed by atoms with Gasteiger partial charge in [0.15, 0.2) is 6.61 Å². The van der Waals surface area contributed by atoms with E-state index in [0.717, 1.165) is 32.4 Å². The van der Waals surface area contributed by atoms with Crippen LogP contribution in [0, 0.1) is 48.5 Å². The molecule has 0 aliphatic carbocycles. The monoisotopic (exact) mass is 409 g/mol. The van der Waals surface area contributed by atoms with Gasteiger partial charge in [0, 0.05) is 17.0 Å². The highest BCUT2D eigenvalue weighted by atomic mass is 19.4. The summed E-state index contributed by atoms with van der Waals surface area (Å²) >= 11 is 0. The molecule has 0 N–H and O–H groups in total. The van der Waals surface area contributed by atoms with E-state index in [1.54, 1.807) is 0 Å². The van der Waals surface area contributed by atoms with Crippen molar-refractivity contribution in [2.45, 2.75) is 61.2 Å². The number of nitrogens with zero attached hydrogens (tertiary/aromatic N) is 1. The Kier molecular flexibility index (Phi) is 6.30. The van der Waals surface area contributed by atoms with Gasteiger partial charge in [-0.3, -0.25) is 4.79 Å². The smallest absolute Gasteiger partial charge is 0.406 e. The van der Waals surface area contributed by atoms with E-state index in [0.29, 0.717) is 11.3 Å². The standard InChI is InChI=1S/C22H26F3NO3/c1-11-8-18(17(7)26(11)10-22(23,24)25)19(27)9-29-21(28)20-15(5)13(3)12(2)14(4)16(20)6/h8H,9-10H2,1-7H3. The van der Waals surface area contributed by atoms with Crippen LogP contribution in [0.25, 0.3) is 0 Å². The molecular weight excluding hydrogens is 383 g/mol. The van der Waals surface area contributed by atoms with Crippen LogP contribution in [0.2, 0.25) is 0 Å². The van der Waals surface area contributed by atoms with Crippen LogP contribution in [-0.2, 0) is 11.3 Å². The number of ketones is 1. The molecule has 1 heterocycles. The molecule has 1 aromatic heterocycles. The van der Waals surface area contributed by atoms with Gasteiger partial charge in [-0.25, -0.2) is 4.79 Å². The number of alkyl halides is 3. The Morgan fingerprint density at radius 3 is 1.86 bits per heavy atom. The Morgan fingerprint density at radius 2 is 1.38 bits per heavy atom. The summed E-state index contributed by atoms with van der Waals surface area (Å²) in [5.74, 6) is -1.14. The molecule has 29 heavy (non-hydrogen) atoms. The molecule has 0 bridgehead atoms. The third-order valence-electron chi connectivity index (χ3n) is 5.75. The highest BCUT2D eigenvalue weighted by Gasteiger charge is 2.30. The molecule has 7 heteroatoms. The molecular formula is C22H26F3NO3. The molecule has 0 radical (unpaired) electrons. The van der Waals surface area contributed by atoms with Crippen LogP contribution in [0.5, 0.6) is 0 Å². The number of carbonyl (C=O) groups excluding carboxylic acids is 2. The summed E-state index contributed by atoms with van der Waals surface area (Å²) in [5.41, 5.74) is 5.76. The number of benzene rings is 1. The van der Waals surface area contributed by atoms with Crippen LogP contribution in [0.15, 0.2) is 6.07 Å². The maximum Gasteiger partial charge on any atom is 0.406 e. The molecule has 0 unspecified atom stereocenters. The van der Waals surface area contributed by atoms with Crippen LogP contribution in [0.3, 0.4) is 0 Å². The fourth-order valence-electron chi connectivity index (χ4n) is 3.59. The SMILES string of the molecule is Cc1c(C)c(C)c(C(=O)OCC(=O)c2cc(C)n(CC(F)(F)F)c2C)c(C)c1C. The predicted octanol–water partition coefficient (Wildman–Crippen LogP) is 5.25. The molecule has 4 nitrogen and oxygen atoms in total. The van der Waals surface area contributed by atoms with Crippen molar-refractivity contribution in [2.75, 3.05) is 6.61 Å². The normalized spacial score (nSPS) is 11.7. The lowest BCUT2D eigenvalue weighted by molar-refractivity contribution is -0.141. The Labute approximate surface area is 168 Å². The maximum absolute atomic E-state index is 12.7. The Bertz CT molecular complexity index is 955. The molecule has 2 aromatic rings. The molecule has 0 fully saturated rings. The minimum Gasteiger partial charge on any atom is -0.454 e. The minimum atomic E-state index is -4.39. The molecule has 0 saturated carbocycles. The predicted molar refractivity (Wildman–Crippen MR) is 105 cm³/mol. The number of Topliss-reactive ketones (excluding diaryl/α,β-unsaturated/α-hetero) is 1. The number of rotatable bonds is 5. The van der Waals surface area contributed by atoms with Crippen molar-refractivity contribution in [1.82, 2.24) is 4.57 Å². The van der Waals surface area contributed by atoms with E-state index in [9.17, 15) is 22.8 Å². The zero-order valence-electron chi connectivity index (χ0n) is 17.8. The molecule has 2 rings (SSSR count). The first-order valence-corrected chi connectivity index (χ1v) is 9.27. The van der Waals surface area contributed by atoms with Crippen molar-refractivity contribution >= 4 is 11.8 Å². The fraction of sp³-hybridized carbons (Fsp3) is 0.455. The number of aryl methyl sites for hydroxylation is 1. The highest BCUT2D eigenvalue weighted by Crippen LogP contribution is 2.27. The summed E-state index contributed by atoms with van der Waals surface area (Å²) in [4.78, 5) is 25.2. The molecule has 0 aliphatic rings. The summed E-state index contributed by atoms with van der Waals surface area (Å²) in [6.45, 7) is 10.8. The number of ether oxygens (including phenoxy) is 1. The van der Waals surface area contributed by atoms with Gasteiger partial charge >= 0.3 is 12.1 Å². The molecule has 0 saturated heterocycles. The Morgan fingerprint density at radius 1 is 0.897 bits per heavy atom. The third-order valence-corrected chi connectivity index (χ3v) is 5.75. The first-order valence-electron chi connectivity index (χ1n) is 9.27. The van der Waals surface area contributed by atoms with Crippen molar-refractivity contribution in [3.8, 4) is 0 Å². The fourth-order valence-corrected chi connectivity index (χ4v) is 3.59. The summed E-state index contributed by atoms with van der Waals surface area (Å²) < 4.78 is 44.5. The van der Waals surface area contributed by atoms with Gasteiger partial charge in [0.2, 0.25) is 5.78 Å². The van der Waals surface area contributed by atoms with Gasteiger partial charge in [-0.2, -0.15) is 13.2 Å². The summed E-state index contributed by atoms with van der Waals surface area (Å²) in [5, 5.41) is 0. The quantitative estimate of drug-likeness (QED) is 0.501. The number of hydrogen-bond acceptors (Lipinski definition) is 3. The lowest BCUT2D eigenvalue weighted by Crippen LogP contribution is -2.20. The average Bonchev–Trinajstić information content (AvgIpc) is 2.90. The lowest BCUT2D eigenvalue weighted by atomic mass is 9.90. The van der Waals surface area contributed by atoms with E-state index in [-0.39, 0.29) is 11.3 Å². The van der Waals surface area contributed by atoms with Crippen LogP contribution in [-0.4, -0.2) is 29.1 Å². The zero-order valence-corrected chi connectivity index (χ0v) is 17.8. The third kappa shape index (κ3) is 4.54. The largest absolute Gasteiger partial charge is 0.454 e. The second kappa shape index (κ2) is 8.05. The molecule has 0 amide bonds. The average molecular weight is 409 g/mol. The van der Waals surface area contributed by atoms with Crippen molar-refractivity contribution < 1.29 is 27.5 Å². The summed E-state index contributed by atoms with van der Waals surface area (Å²) in [7, 11) is 0. The van der Waals surface area contributed by atoms with Gasteiger partial charge in [-0.15, -0.1) is 0 Å². The summed E-state index contributed by atoms with van der Waals surface area (Å²) in [6.07, 6.45) is -4.39. The van der Waals surface area contributed by atoms with Crippen LogP contribution in [0.1, 0.15) is 59.9 Å². The Balaban J connectivity index is 2.23. The molecule has 0 atom stereocenters. The molecule has 0 aliphatic heterocycles. The second-order valence-electron chi connectivity index (χ2n) is 7.49. The number of hydrogen-bond donors (Lipinski definition) is 0. The number of esters is 1. The Hall–Kier alpha value is -2.57. The van der Waals surface area contributed by atoms with E-state index in [1.807, 2.05) is 34.6 Å². The molecule has 158 valence electrons. The van der Waals surface area contributed by atoms with Gasteiger partial charge in [0.05, 0.1) is 5.56 Å². The van der Waals surface area contributed by atoms with Gasteiger partial charge in [0.1, 0.15) is 6.54 Å². The summed E-state index contributed by atoms with van der Waals surface area (Å²) in [6, 6.07) is 1.40. The van der Waals surface area contributed by atoms with Crippen molar-refractivity contribution in [3.05, 3.63) is 56.4 Å². The van der Waals surface area contributed by atoms with E-state index >= 15 is 0 Å². The van der Waals surface area contributed by atoms with E-state index < -0.39 is 31.1 Å². The first-order chi connectivity index (χ1) is 13.3. The van der Waals surface area contributed by atoms with Gasteiger partial charge in [0.25, 0.3) is 0 Å². The van der Waals surface area contributed by atoms with Gasteiger partial charge in [-0.05, 0) is 82.3 Å². The highest BCUT2D eigenvalue weighted by molar-refractivity contribution is 6.01. The van der Waals surface area contributed by atoms with Gasteiger partial charge < -0.3 is 9.30 Å². The zero-order chi connectivity index (χ0) is 22.3. The van der Waals surface area contributed by atoms with Gasteiger partial charge in [-0.1, -0.05) is 0 Å². The van der Waals surface area contributed by atoms with Crippen LogP contribution < -0.4 is 0 Å². The van der Waals surface area contributed by atoms with Crippen molar-refractivity contribution in [2.24, 2.45) is 0 Å². The number of halogens is 3. The van der Waals surface area contributed by atoms with Crippen molar-refractivity contribution in [1.29, 1.82) is 0 Å². The maximum atomic E-state index is 12.7. The lowest BCUT2D eigenvalue weighted by Gasteiger charge is -2.17. The second-order valence-corrected chi connectivity index (χ2v) is 7.49. The topological polar surface area (TPSA) is 48.3 Å². The van der Waals surface area contributed by atoms with Crippen molar-refractivity contribution in [3.63, 3.8) is 0 Å². The van der Waals surface area contributed by atoms with E-state index in [1.165, 1.54) is 19.9 Å². The van der Waals surface area contributed by atoms with E-state index in [4.69, 9.17) is 4.74 Å². The number of aromatic nitrogens is 1. The first kappa shape index (κ1) is 22.7. The molecule has 0 spiro atoms. The number of carbonyl (C=O) groups is 2. The molecule has 1 aromatic carbocycles. The van der Waals surface area contributed by atoms with Crippen LogP contribution >= 0.6 is 0 Å².